The van der Waals surface area contributed by atoms with Crippen LogP contribution in [0.1, 0.15) is 75.0 Å². The van der Waals surface area contributed by atoms with E-state index in [-0.39, 0.29) is 18.0 Å². The average Bonchev–Trinajstić information content (AvgIpc) is 3.06. The van der Waals surface area contributed by atoms with Crippen molar-refractivity contribution in [3.05, 3.63) is 132 Å². The number of carbonyl (C=O) groups is 2. The Bertz CT molecular complexity index is 1390. The fraction of sp³-hybridized carbons (Fsp3) is 0.375. The number of pyridine rings is 1. The highest BCUT2D eigenvalue weighted by molar-refractivity contribution is 5.90. The van der Waals surface area contributed by atoms with E-state index in [1.165, 1.54) is 12.8 Å². The molecule has 252 valence electrons. The summed E-state index contributed by atoms with van der Waals surface area (Å²) in [6.45, 7) is 9.72. The zero-order valence-corrected chi connectivity index (χ0v) is 28.6. The van der Waals surface area contributed by atoms with Gasteiger partial charge in [0.1, 0.15) is 12.4 Å². The summed E-state index contributed by atoms with van der Waals surface area (Å²) in [7, 11) is 0. The molecule has 7 nitrogen and oxygen atoms in total. The number of aromatic nitrogens is 1. The Balaban J connectivity index is 2.28. The lowest BCUT2D eigenvalue weighted by molar-refractivity contribution is -0.119. The summed E-state index contributed by atoms with van der Waals surface area (Å²) in [5.74, 6) is 0.00287. The first-order valence-corrected chi connectivity index (χ1v) is 16.7. The number of hydrogen-bond acceptors (Lipinski definition) is 5. The lowest BCUT2D eigenvalue weighted by Crippen LogP contribution is -2.38. The Morgan fingerprint density at radius 1 is 1.02 bits per heavy atom. The average molecular weight is 640 g/mol. The molecule has 0 aliphatic rings. The molecule has 2 aromatic rings. The molecule has 0 saturated carbocycles. The molecule has 0 fully saturated rings. The van der Waals surface area contributed by atoms with E-state index in [2.05, 4.69) is 24.1 Å². The number of carboxylic acid groups (broad SMARTS) is 1. The van der Waals surface area contributed by atoms with Crippen molar-refractivity contribution in [2.24, 2.45) is 5.92 Å². The Morgan fingerprint density at radius 3 is 2.57 bits per heavy atom. The highest BCUT2D eigenvalue weighted by atomic mass is 16.5. The van der Waals surface area contributed by atoms with Crippen LogP contribution in [-0.4, -0.2) is 48.2 Å². The van der Waals surface area contributed by atoms with Gasteiger partial charge in [-0.1, -0.05) is 100 Å². The molecule has 0 spiro atoms. The van der Waals surface area contributed by atoms with Crippen LogP contribution in [0.2, 0.25) is 0 Å². The second-order valence-corrected chi connectivity index (χ2v) is 11.4. The number of benzene rings is 1. The molecule has 1 heterocycles. The Labute approximate surface area is 282 Å². The zero-order chi connectivity index (χ0) is 34.1. The summed E-state index contributed by atoms with van der Waals surface area (Å²) in [6, 6.07) is 11.0. The molecular weight excluding hydrogens is 586 g/mol. The number of unbranched alkanes of at least 4 members (excludes halogenated alkanes) is 2. The van der Waals surface area contributed by atoms with Crippen LogP contribution in [0.5, 0.6) is 0 Å². The molecule has 0 radical (unpaired) electrons. The summed E-state index contributed by atoms with van der Waals surface area (Å²) in [5.41, 5.74) is 2.91. The highest BCUT2D eigenvalue weighted by Gasteiger charge is 2.18. The standard InChI is InChI=1S/C40H53N3O4/c1-5-8-10-11-12-18-29-47-37(19-7-3)22-15-17-28-43(32-39(44)42-27-25-36-21-14-16-26-41-36)38-31-35(40(45)46)24-23-34(38)30-33(4)20-13-9-6-2/h5,7-8,10-12,14-19,21-24,26,31,33H,6,9,13,20,25,27-30,32H2,1-4H3,(H,42,44)(H,45,46)/b8-5-,11-10-,17-15+,18-12+,19-7-,37-22+. The summed E-state index contributed by atoms with van der Waals surface area (Å²) in [6.07, 6.45) is 29.1. The molecule has 7 heteroatoms. The van der Waals surface area contributed by atoms with Crippen LogP contribution in [0.4, 0.5) is 5.69 Å². The number of allylic oxidation sites excluding steroid dienone is 9. The fourth-order valence-electron chi connectivity index (χ4n) is 4.92. The van der Waals surface area contributed by atoms with E-state index >= 15 is 0 Å². The third-order valence-electron chi connectivity index (χ3n) is 7.37. The fourth-order valence-corrected chi connectivity index (χ4v) is 4.92. The normalized spacial score (nSPS) is 13.0. The minimum Gasteiger partial charge on any atom is -0.490 e. The van der Waals surface area contributed by atoms with E-state index in [1.54, 1.807) is 18.3 Å². The summed E-state index contributed by atoms with van der Waals surface area (Å²) < 4.78 is 5.91. The van der Waals surface area contributed by atoms with E-state index < -0.39 is 5.97 Å². The maximum Gasteiger partial charge on any atom is 0.335 e. The lowest BCUT2D eigenvalue weighted by Gasteiger charge is -2.27. The summed E-state index contributed by atoms with van der Waals surface area (Å²) in [4.78, 5) is 31.5. The van der Waals surface area contributed by atoms with Gasteiger partial charge in [0.05, 0.1) is 12.1 Å². The van der Waals surface area contributed by atoms with Gasteiger partial charge < -0.3 is 20.1 Å². The Kier molecular flexibility index (Phi) is 19.4. The van der Waals surface area contributed by atoms with Crippen molar-refractivity contribution in [2.45, 2.75) is 66.2 Å². The van der Waals surface area contributed by atoms with Gasteiger partial charge in [0.25, 0.3) is 0 Å². The lowest BCUT2D eigenvalue weighted by atomic mass is 9.93. The highest BCUT2D eigenvalue weighted by Crippen LogP contribution is 2.27. The molecule has 1 aromatic carbocycles. The first-order chi connectivity index (χ1) is 22.9. The van der Waals surface area contributed by atoms with E-state index in [9.17, 15) is 14.7 Å². The van der Waals surface area contributed by atoms with Crippen molar-refractivity contribution in [3.8, 4) is 0 Å². The minimum atomic E-state index is -0.994. The molecule has 2 rings (SSSR count). The molecule has 1 unspecified atom stereocenters. The SMILES string of the molecule is C\C=C/C=C\C=C\COC(/C=C\C)=C/C=C/CN(CC(=O)NCCc1ccccn1)c1cc(C(=O)O)ccc1CC(C)CCCCC. The third kappa shape index (κ3) is 16.5. The second kappa shape index (κ2) is 23.7. The molecule has 2 N–H and O–H groups in total. The molecule has 1 aromatic heterocycles. The number of rotatable bonds is 22. The van der Waals surface area contributed by atoms with Crippen LogP contribution < -0.4 is 10.2 Å². The molecule has 1 atom stereocenters. The number of aromatic carboxylic acids is 1. The second-order valence-electron chi connectivity index (χ2n) is 11.4. The van der Waals surface area contributed by atoms with Crippen molar-refractivity contribution >= 4 is 17.6 Å². The number of nitrogens with one attached hydrogen (secondary N) is 1. The number of hydrogen-bond donors (Lipinski definition) is 2. The maximum absolute atomic E-state index is 13.2. The van der Waals surface area contributed by atoms with Gasteiger partial charge in [-0.3, -0.25) is 9.78 Å². The molecule has 47 heavy (non-hydrogen) atoms. The van der Waals surface area contributed by atoms with Crippen LogP contribution >= 0.6 is 0 Å². The van der Waals surface area contributed by atoms with Crippen molar-refractivity contribution < 1.29 is 19.4 Å². The van der Waals surface area contributed by atoms with Crippen LogP contribution in [0.15, 0.2) is 115 Å². The molecular formula is C40H53N3O4. The number of carboxylic acids is 1. The van der Waals surface area contributed by atoms with Gasteiger partial charge >= 0.3 is 5.97 Å². The predicted molar refractivity (Wildman–Crippen MR) is 195 cm³/mol. The molecule has 0 aliphatic carbocycles. The third-order valence-corrected chi connectivity index (χ3v) is 7.37. The molecule has 0 saturated heterocycles. The van der Waals surface area contributed by atoms with Crippen LogP contribution in [0.25, 0.3) is 0 Å². The topological polar surface area (TPSA) is 91.8 Å². The first-order valence-electron chi connectivity index (χ1n) is 16.7. The van der Waals surface area contributed by atoms with Gasteiger partial charge in [-0.05, 0) is 74.2 Å². The summed E-state index contributed by atoms with van der Waals surface area (Å²) in [5, 5.41) is 12.8. The van der Waals surface area contributed by atoms with E-state index in [4.69, 9.17) is 4.74 Å². The van der Waals surface area contributed by atoms with Gasteiger partial charge in [-0.2, -0.15) is 0 Å². The quantitative estimate of drug-likeness (QED) is 0.0764. The van der Waals surface area contributed by atoms with E-state index in [0.717, 1.165) is 36.2 Å². The van der Waals surface area contributed by atoms with E-state index in [0.29, 0.717) is 37.8 Å². The van der Waals surface area contributed by atoms with Gasteiger partial charge in [-0.15, -0.1) is 0 Å². The number of carbonyl (C=O) groups excluding carboxylic acids is 1. The minimum absolute atomic E-state index is 0.0836. The van der Waals surface area contributed by atoms with Crippen molar-refractivity contribution in [1.29, 1.82) is 0 Å². The first kappa shape index (κ1) is 38.5. The van der Waals surface area contributed by atoms with Crippen LogP contribution in [-0.2, 0) is 22.4 Å². The van der Waals surface area contributed by atoms with Crippen molar-refractivity contribution in [3.63, 3.8) is 0 Å². The predicted octanol–water partition coefficient (Wildman–Crippen LogP) is 8.43. The Hall–Kier alpha value is -4.65. The molecule has 1 amide bonds. The monoisotopic (exact) mass is 639 g/mol. The maximum atomic E-state index is 13.2. The van der Waals surface area contributed by atoms with Gasteiger partial charge in [0.2, 0.25) is 5.91 Å². The zero-order valence-electron chi connectivity index (χ0n) is 28.6. The van der Waals surface area contributed by atoms with Gasteiger partial charge in [0.15, 0.2) is 0 Å². The number of anilines is 1. The van der Waals surface area contributed by atoms with Crippen molar-refractivity contribution in [1.82, 2.24) is 10.3 Å². The van der Waals surface area contributed by atoms with Gasteiger partial charge in [-0.25, -0.2) is 4.79 Å². The number of ether oxygens (including phenoxy) is 1. The summed E-state index contributed by atoms with van der Waals surface area (Å²) >= 11 is 0. The van der Waals surface area contributed by atoms with Crippen LogP contribution in [0.3, 0.4) is 0 Å². The Morgan fingerprint density at radius 2 is 1.85 bits per heavy atom. The van der Waals surface area contributed by atoms with Crippen molar-refractivity contribution in [2.75, 3.05) is 31.1 Å². The largest absolute Gasteiger partial charge is 0.490 e. The molecule has 0 aliphatic heterocycles. The molecule has 0 bridgehead atoms. The number of amides is 1. The van der Waals surface area contributed by atoms with Gasteiger partial charge in [0, 0.05) is 37.1 Å². The number of nitrogens with zero attached hydrogens (tertiary/aromatic N) is 2. The smallest absolute Gasteiger partial charge is 0.335 e. The van der Waals surface area contributed by atoms with E-state index in [1.807, 2.05) is 110 Å². The van der Waals surface area contributed by atoms with Crippen LogP contribution in [0, 0.1) is 5.92 Å².